The topological polar surface area (TPSA) is 175 Å². The van der Waals surface area contributed by atoms with Crippen molar-refractivity contribution in [1.29, 1.82) is 0 Å². The highest BCUT2D eigenvalue weighted by molar-refractivity contribution is 5.74. The first kappa shape index (κ1) is 65.7. The van der Waals surface area contributed by atoms with E-state index in [9.17, 15) is 34.5 Å². The van der Waals surface area contributed by atoms with E-state index in [4.69, 9.17) is 23.7 Å². The van der Waals surface area contributed by atoms with Crippen LogP contribution in [-0.4, -0.2) is 89.2 Å². The van der Waals surface area contributed by atoms with Crippen LogP contribution < -0.4 is 0 Å². The third-order valence-electron chi connectivity index (χ3n) is 12.9. The van der Waals surface area contributed by atoms with Crippen molar-refractivity contribution in [1.82, 2.24) is 0 Å². The Morgan fingerprint density at radius 2 is 0.845 bits per heavy atom. The molecule has 410 valence electrons. The van der Waals surface area contributed by atoms with Crippen LogP contribution in [-0.2, 0) is 42.9 Å². The van der Waals surface area contributed by atoms with Gasteiger partial charge in [-0.05, 0) is 83.5 Å². The number of carbonyl (C=O) groups excluding carboxylic acids is 3. The lowest BCUT2D eigenvalue weighted by atomic mass is 9.98. The molecule has 1 saturated heterocycles. The Hall–Kier alpha value is -3.32. The number of aliphatic hydroxyl groups is 2. The molecule has 12 heteroatoms. The predicted octanol–water partition coefficient (Wildman–Crippen LogP) is 14.2. The van der Waals surface area contributed by atoms with Gasteiger partial charge < -0.3 is 39.0 Å². The lowest BCUT2D eigenvalue weighted by molar-refractivity contribution is -0.301. The number of rotatable bonds is 48. The molecule has 0 radical (unpaired) electrons. The second-order valence-corrected chi connectivity index (χ2v) is 19.6. The highest BCUT2D eigenvalue weighted by Crippen LogP contribution is 2.26. The molecule has 0 aromatic carbocycles. The highest BCUT2D eigenvalue weighted by Gasteiger charge is 2.50. The number of carboxylic acid groups (broad SMARTS) is 1. The van der Waals surface area contributed by atoms with Crippen molar-refractivity contribution in [3.63, 3.8) is 0 Å². The van der Waals surface area contributed by atoms with Gasteiger partial charge in [0.25, 0.3) is 0 Å². The van der Waals surface area contributed by atoms with Crippen LogP contribution in [0.4, 0.5) is 0 Å². The summed E-state index contributed by atoms with van der Waals surface area (Å²) in [5.41, 5.74) is 0. The SMILES string of the molecule is CCCCC/C=C\C/C=C\CCCCCCCCCC(=O)OC1C(OCC(COC(=O)CCCCCCC/C=C\C/C=C\CCCCC)OC(=O)CCCCCCCCCCC)OC(C(=O)O)C(O)C1O. The van der Waals surface area contributed by atoms with E-state index >= 15 is 0 Å². The first-order chi connectivity index (χ1) is 34.6. The molecular formula is C59H102O12. The van der Waals surface area contributed by atoms with Crippen LogP contribution >= 0.6 is 0 Å². The molecule has 1 rings (SSSR count). The normalized spacial score (nSPS) is 18.8. The molecule has 0 aliphatic carbocycles. The summed E-state index contributed by atoms with van der Waals surface area (Å²) in [5, 5.41) is 31.4. The van der Waals surface area contributed by atoms with Gasteiger partial charge in [-0.25, -0.2) is 4.79 Å². The number of esters is 3. The number of carboxylic acids is 1. The Morgan fingerprint density at radius 3 is 1.30 bits per heavy atom. The average Bonchev–Trinajstić information content (AvgIpc) is 3.35. The molecule has 1 aliphatic heterocycles. The first-order valence-electron chi connectivity index (χ1n) is 28.6. The lowest BCUT2D eigenvalue weighted by Gasteiger charge is -2.40. The zero-order valence-electron chi connectivity index (χ0n) is 45.0. The van der Waals surface area contributed by atoms with Crippen molar-refractivity contribution in [3.8, 4) is 0 Å². The minimum Gasteiger partial charge on any atom is -0.479 e. The molecule has 6 unspecified atom stereocenters. The van der Waals surface area contributed by atoms with Gasteiger partial charge in [0.15, 0.2) is 24.6 Å². The lowest BCUT2D eigenvalue weighted by Crippen LogP contribution is -2.61. The van der Waals surface area contributed by atoms with Crippen LogP contribution in [0.1, 0.15) is 252 Å². The van der Waals surface area contributed by atoms with Gasteiger partial charge in [0.05, 0.1) is 6.61 Å². The highest BCUT2D eigenvalue weighted by atomic mass is 16.7. The smallest absolute Gasteiger partial charge is 0.335 e. The number of hydrogen-bond donors (Lipinski definition) is 3. The molecular weight excluding hydrogens is 901 g/mol. The molecule has 1 fully saturated rings. The summed E-state index contributed by atoms with van der Waals surface area (Å²) in [6.07, 6.45) is 43.7. The minimum absolute atomic E-state index is 0.0516. The second kappa shape index (κ2) is 47.7. The Morgan fingerprint density at radius 1 is 0.465 bits per heavy atom. The molecule has 12 nitrogen and oxygen atoms in total. The number of aliphatic hydroxyl groups excluding tert-OH is 2. The number of allylic oxidation sites excluding steroid dienone is 8. The minimum atomic E-state index is -1.90. The summed E-state index contributed by atoms with van der Waals surface area (Å²) in [5.74, 6) is -3.14. The standard InChI is InChI=1S/C59H102O12/c1-4-7-10-13-16-19-21-23-25-26-28-30-32-35-38-41-44-47-53(62)70-57-55(64)54(63)56(58(65)66)71-59(57)68-49-50(69-52(61)46-43-40-37-33-18-15-12-9-6-3)48-67-51(60)45-42-39-36-34-31-29-27-24-22-20-17-14-11-8-5-2/h16-17,19-20,23-25,27,50,54-57,59,63-64H,4-15,18,21-22,26,28-49H2,1-3H3,(H,65,66)/b19-16-,20-17-,25-23-,27-24-. The molecule has 71 heavy (non-hydrogen) atoms. The molecule has 0 amide bonds. The van der Waals surface area contributed by atoms with E-state index < -0.39 is 67.3 Å². The van der Waals surface area contributed by atoms with Crippen LogP contribution in [0.2, 0.25) is 0 Å². The van der Waals surface area contributed by atoms with Crippen molar-refractivity contribution in [2.24, 2.45) is 0 Å². The Kier molecular flexibility index (Phi) is 44.1. The summed E-state index contributed by atoms with van der Waals surface area (Å²) in [7, 11) is 0. The van der Waals surface area contributed by atoms with Gasteiger partial charge in [0.1, 0.15) is 18.8 Å². The zero-order valence-corrected chi connectivity index (χ0v) is 45.0. The fourth-order valence-corrected chi connectivity index (χ4v) is 8.43. The molecule has 0 aromatic rings. The van der Waals surface area contributed by atoms with Crippen molar-refractivity contribution < 1.29 is 58.2 Å². The zero-order chi connectivity index (χ0) is 51.8. The third kappa shape index (κ3) is 38.0. The average molecular weight is 1000 g/mol. The van der Waals surface area contributed by atoms with Crippen molar-refractivity contribution >= 4 is 23.9 Å². The van der Waals surface area contributed by atoms with Gasteiger partial charge in [-0.1, -0.05) is 198 Å². The molecule has 3 N–H and O–H groups in total. The van der Waals surface area contributed by atoms with E-state index in [1.165, 1.54) is 70.6 Å². The van der Waals surface area contributed by atoms with E-state index in [0.717, 1.165) is 122 Å². The van der Waals surface area contributed by atoms with Crippen molar-refractivity contribution in [3.05, 3.63) is 48.6 Å². The van der Waals surface area contributed by atoms with Crippen LogP contribution in [0, 0.1) is 0 Å². The van der Waals surface area contributed by atoms with Gasteiger partial charge in [0, 0.05) is 19.3 Å². The van der Waals surface area contributed by atoms with E-state index in [1.807, 2.05) is 0 Å². The first-order valence-corrected chi connectivity index (χ1v) is 28.6. The number of unbranched alkanes of at least 4 members (excludes halogenated alkanes) is 26. The molecule has 1 heterocycles. The van der Waals surface area contributed by atoms with E-state index in [-0.39, 0.29) is 25.9 Å². The molecule has 6 atom stereocenters. The summed E-state index contributed by atoms with van der Waals surface area (Å²) in [6.45, 7) is 5.90. The fourth-order valence-electron chi connectivity index (χ4n) is 8.43. The van der Waals surface area contributed by atoms with E-state index in [0.29, 0.717) is 19.3 Å². The summed E-state index contributed by atoms with van der Waals surface area (Å²) in [6, 6.07) is 0. The van der Waals surface area contributed by atoms with Crippen LogP contribution in [0.15, 0.2) is 48.6 Å². The number of ether oxygens (including phenoxy) is 5. The number of hydrogen-bond acceptors (Lipinski definition) is 11. The van der Waals surface area contributed by atoms with Crippen LogP contribution in [0.3, 0.4) is 0 Å². The second-order valence-electron chi connectivity index (χ2n) is 19.6. The summed E-state index contributed by atoms with van der Waals surface area (Å²) < 4.78 is 28.3. The van der Waals surface area contributed by atoms with Gasteiger partial charge in [-0.15, -0.1) is 0 Å². The van der Waals surface area contributed by atoms with Crippen molar-refractivity contribution in [2.75, 3.05) is 13.2 Å². The quantitative estimate of drug-likeness (QED) is 0.0228. The van der Waals surface area contributed by atoms with Gasteiger partial charge in [0.2, 0.25) is 0 Å². The monoisotopic (exact) mass is 1000 g/mol. The maximum absolute atomic E-state index is 13.0. The number of aliphatic carboxylic acids is 1. The summed E-state index contributed by atoms with van der Waals surface area (Å²) >= 11 is 0. The maximum Gasteiger partial charge on any atom is 0.335 e. The molecule has 0 spiro atoms. The van der Waals surface area contributed by atoms with Crippen molar-refractivity contribution in [2.45, 2.75) is 289 Å². The van der Waals surface area contributed by atoms with E-state index in [1.54, 1.807) is 0 Å². The molecule has 1 aliphatic rings. The maximum atomic E-state index is 13.0. The van der Waals surface area contributed by atoms with E-state index in [2.05, 4.69) is 69.4 Å². The largest absolute Gasteiger partial charge is 0.479 e. The molecule has 0 aromatic heterocycles. The summed E-state index contributed by atoms with van der Waals surface area (Å²) in [4.78, 5) is 50.9. The Balaban J connectivity index is 2.67. The Bertz CT molecular complexity index is 1420. The van der Waals surface area contributed by atoms with Gasteiger partial charge in [-0.3, -0.25) is 14.4 Å². The fraction of sp³-hybridized carbons (Fsp3) is 0.797. The molecule has 0 saturated carbocycles. The molecule has 0 bridgehead atoms. The third-order valence-corrected chi connectivity index (χ3v) is 12.9. The van der Waals surface area contributed by atoms with Crippen LogP contribution in [0.25, 0.3) is 0 Å². The van der Waals surface area contributed by atoms with Gasteiger partial charge in [-0.2, -0.15) is 0 Å². The predicted molar refractivity (Wildman–Crippen MR) is 285 cm³/mol. The van der Waals surface area contributed by atoms with Crippen LogP contribution in [0.5, 0.6) is 0 Å². The Labute approximate surface area is 431 Å². The number of carbonyl (C=O) groups is 4. The van der Waals surface area contributed by atoms with Gasteiger partial charge >= 0.3 is 23.9 Å².